The second-order valence-corrected chi connectivity index (χ2v) is 5.03. The van der Waals surface area contributed by atoms with Gasteiger partial charge in [-0.3, -0.25) is 14.5 Å². The molecule has 20 heavy (non-hydrogen) atoms. The quantitative estimate of drug-likeness (QED) is 0.799. The molecule has 5 nitrogen and oxygen atoms in total. The fourth-order valence-corrected chi connectivity index (χ4v) is 2.75. The van der Waals surface area contributed by atoms with Gasteiger partial charge in [-0.25, -0.2) is 0 Å². The van der Waals surface area contributed by atoms with Gasteiger partial charge in [-0.05, 0) is 36.9 Å². The number of carbonyl (C=O) groups excluding carboxylic acids is 2. The second kappa shape index (κ2) is 6.00. The highest BCUT2D eigenvalue weighted by molar-refractivity contribution is 8.18. The molecule has 0 atom stereocenters. The number of ether oxygens (including phenoxy) is 2. The van der Waals surface area contributed by atoms with Crippen molar-refractivity contribution >= 4 is 29.0 Å². The molecule has 2 amide bonds. The van der Waals surface area contributed by atoms with Gasteiger partial charge in [-0.15, -0.1) is 0 Å². The Morgan fingerprint density at radius 3 is 2.55 bits per heavy atom. The van der Waals surface area contributed by atoms with Gasteiger partial charge in [0, 0.05) is 18.2 Å². The third-order valence-electron chi connectivity index (χ3n) is 2.92. The lowest BCUT2D eigenvalue weighted by atomic mass is 10.1. The zero-order valence-corrected chi connectivity index (χ0v) is 12.3. The maximum absolute atomic E-state index is 12.0. The number of benzene rings is 1. The van der Waals surface area contributed by atoms with E-state index >= 15 is 0 Å². The number of carbonyl (C=O) groups is 2. The largest absolute Gasteiger partial charge is 0.497 e. The fraction of sp³-hybridized carbons (Fsp3) is 0.286. The molecule has 1 aromatic rings. The van der Waals surface area contributed by atoms with Crippen LogP contribution in [0.1, 0.15) is 12.5 Å². The summed E-state index contributed by atoms with van der Waals surface area (Å²) in [4.78, 5) is 25.3. The zero-order chi connectivity index (χ0) is 14.7. The van der Waals surface area contributed by atoms with Gasteiger partial charge in [0.2, 0.25) is 0 Å². The molecule has 0 spiro atoms. The first-order valence-corrected chi connectivity index (χ1v) is 6.89. The van der Waals surface area contributed by atoms with Crippen molar-refractivity contribution in [2.75, 3.05) is 20.8 Å². The fourth-order valence-electron chi connectivity index (χ4n) is 1.85. The van der Waals surface area contributed by atoms with Crippen molar-refractivity contribution in [3.05, 3.63) is 28.7 Å². The maximum atomic E-state index is 12.0. The SMILES string of the molecule is CCN1C(=O)S/C(=C/c2ccc(OC)cc2OC)C1=O. The van der Waals surface area contributed by atoms with Crippen LogP contribution in [-0.4, -0.2) is 36.8 Å². The van der Waals surface area contributed by atoms with Gasteiger partial charge >= 0.3 is 0 Å². The van der Waals surface area contributed by atoms with Gasteiger partial charge in [-0.1, -0.05) is 0 Å². The molecule has 0 bridgehead atoms. The minimum atomic E-state index is -0.264. The van der Waals surface area contributed by atoms with E-state index in [4.69, 9.17) is 9.47 Å². The molecule has 1 aliphatic heterocycles. The van der Waals surface area contributed by atoms with Crippen molar-refractivity contribution < 1.29 is 19.1 Å². The summed E-state index contributed by atoms with van der Waals surface area (Å²) in [5, 5.41) is -0.240. The van der Waals surface area contributed by atoms with Crippen molar-refractivity contribution in [1.29, 1.82) is 0 Å². The van der Waals surface area contributed by atoms with Gasteiger partial charge in [0.1, 0.15) is 11.5 Å². The third-order valence-corrected chi connectivity index (χ3v) is 3.82. The molecule has 0 unspecified atom stereocenters. The second-order valence-electron chi connectivity index (χ2n) is 4.03. The monoisotopic (exact) mass is 293 g/mol. The Morgan fingerprint density at radius 1 is 1.25 bits per heavy atom. The molecule has 106 valence electrons. The molecule has 0 saturated carbocycles. The van der Waals surface area contributed by atoms with E-state index in [1.165, 1.54) is 4.90 Å². The molecular weight excluding hydrogens is 278 g/mol. The lowest BCUT2D eigenvalue weighted by Crippen LogP contribution is -2.27. The smallest absolute Gasteiger partial charge is 0.293 e. The van der Waals surface area contributed by atoms with Crippen LogP contribution in [0.2, 0.25) is 0 Å². The maximum Gasteiger partial charge on any atom is 0.293 e. The average Bonchev–Trinajstić information content (AvgIpc) is 2.73. The van der Waals surface area contributed by atoms with E-state index in [1.54, 1.807) is 45.4 Å². The van der Waals surface area contributed by atoms with Crippen LogP contribution >= 0.6 is 11.8 Å². The Balaban J connectivity index is 2.36. The number of imide groups is 1. The van der Waals surface area contributed by atoms with Gasteiger partial charge in [0.25, 0.3) is 11.1 Å². The summed E-state index contributed by atoms with van der Waals surface area (Å²) in [7, 11) is 3.12. The highest BCUT2D eigenvalue weighted by Gasteiger charge is 2.33. The van der Waals surface area contributed by atoms with Crippen LogP contribution in [0.25, 0.3) is 6.08 Å². The van der Waals surface area contributed by atoms with Crippen molar-refractivity contribution in [2.45, 2.75) is 6.92 Å². The predicted molar refractivity (Wildman–Crippen MR) is 77.9 cm³/mol. The van der Waals surface area contributed by atoms with Crippen molar-refractivity contribution in [1.82, 2.24) is 4.90 Å². The summed E-state index contributed by atoms with van der Waals surface area (Å²) in [5.41, 5.74) is 0.731. The molecule has 0 aliphatic carbocycles. The third kappa shape index (κ3) is 2.65. The van der Waals surface area contributed by atoms with Crippen LogP contribution in [0.15, 0.2) is 23.1 Å². The van der Waals surface area contributed by atoms with Gasteiger partial charge < -0.3 is 9.47 Å². The van der Waals surface area contributed by atoms with E-state index in [0.29, 0.717) is 22.9 Å². The minimum absolute atomic E-state index is 0.240. The normalized spacial score (nSPS) is 16.9. The molecule has 1 fully saturated rings. The van der Waals surface area contributed by atoms with Crippen LogP contribution in [0.5, 0.6) is 11.5 Å². The number of hydrogen-bond acceptors (Lipinski definition) is 5. The Kier molecular flexibility index (Phi) is 4.34. The lowest BCUT2D eigenvalue weighted by Gasteiger charge is -2.08. The summed E-state index contributed by atoms with van der Waals surface area (Å²) in [6, 6.07) is 5.30. The summed E-state index contributed by atoms with van der Waals surface area (Å²) < 4.78 is 10.4. The lowest BCUT2D eigenvalue weighted by molar-refractivity contribution is -0.122. The van der Waals surface area contributed by atoms with Crippen molar-refractivity contribution in [3.63, 3.8) is 0 Å². The first-order chi connectivity index (χ1) is 9.60. The topological polar surface area (TPSA) is 55.8 Å². The van der Waals surface area contributed by atoms with Gasteiger partial charge in [0.05, 0.1) is 19.1 Å². The zero-order valence-electron chi connectivity index (χ0n) is 11.5. The van der Waals surface area contributed by atoms with Gasteiger partial charge in [0.15, 0.2) is 0 Å². The number of nitrogens with zero attached hydrogens (tertiary/aromatic N) is 1. The highest BCUT2D eigenvalue weighted by atomic mass is 32.2. The first-order valence-electron chi connectivity index (χ1n) is 6.08. The van der Waals surface area contributed by atoms with Crippen LogP contribution in [0.3, 0.4) is 0 Å². The number of rotatable bonds is 4. The Hall–Kier alpha value is -1.95. The first kappa shape index (κ1) is 14.5. The van der Waals surface area contributed by atoms with Crippen LogP contribution < -0.4 is 9.47 Å². The molecular formula is C14H15NO4S. The summed E-state index contributed by atoms with van der Waals surface area (Å²) >= 11 is 0.942. The van der Waals surface area contributed by atoms with E-state index in [9.17, 15) is 9.59 Å². The summed E-state index contributed by atoms with van der Waals surface area (Å²) in [6.45, 7) is 2.15. The Morgan fingerprint density at radius 2 is 2.00 bits per heavy atom. The highest BCUT2D eigenvalue weighted by Crippen LogP contribution is 2.34. The Bertz CT molecular complexity index is 583. The minimum Gasteiger partial charge on any atom is -0.497 e. The summed E-state index contributed by atoms with van der Waals surface area (Å²) in [5.74, 6) is 0.994. The van der Waals surface area contributed by atoms with E-state index in [0.717, 1.165) is 17.3 Å². The van der Waals surface area contributed by atoms with E-state index in [-0.39, 0.29) is 11.1 Å². The van der Waals surface area contributed by atoms with Gasteiger partial charge in [-0.2, -0.15) is 0 Å². The van der Waals surface area contributed by atoms with Crippen LogP contribution in [0, 0.1) is 0 Å². The summed E-state index contributed by atoms with van der Waals surface area (Å²) in [6.07, 6.45) is 1.67. The van der Waals surface area contributed by atoms with E-state index in [2.05, 4.69) is 0 Å². The predicted octanol–water partition coefficient (Wildman–Crippen LogP) is 2.76. The Labute approximate surface area is 121 Å². The van der Waals surface area contributed by atoms with Crippen molar-refractivity contribution in [3.8, 4) is 11.5 Å². The molecule has 0 N–H and O–H groups in total. The van der Waals surface area contributed by atoms with E-state index in [1.807, 2.05) is 0 Å². The van der Waals surface area contributed by atoms with Crippen LogP contribution in [-0.2, 0) is 4.79 Å². The van der Waals surface area contributed by atoms with Crippen molar-refractivity contribution in [2.24, 2.45) is 0 Å². The molecule has 0 radical (unpaired) electrons. The standard InChI is InChI=1S/C14H15NO4S/c1-4-15-13(16)12(20-14(15)17)7-9-5-6-10(18-2)8-11(9)19-3/h5-8H,4H2,1-3H3/b12-7+. The number of methoxy groups -OCH3 is 2. The van der Waals surface area contributed by atoms with E-state index < -0.39 is 0 Å². The molecule has 1 heterocycles. The number of likely N-dealkylation sites (N-methyl/N-ethyl adjacent to an activating group) is 1. The van der Waals surface area contributed by atoms with Crippen LogP contribution in [0.4, 0.5) is 4.79 Å². The molecule has 6 heteroatoms. The molecule has 1 aromatic carbocycles. The average molecular weight is 293 g/mol. The molecule has 1 aliphatic rings. The number of thioether (sulfide) groups is 1. The molecule has 1 saturated heterocycles. The number of hydrogen-bond donors (Lipinski definition) is 0. The number of amides is 2. The molecule has 0 aromatic heterocycles. The molecule has 2 rings (SSSR count).